The van der Waals surface area contributed by atoms with E-state index in [4.69, 9.17) is 4.98 Å². The lowest BCUT2D eigenvalue weighted by atomic mass is 10.1. The van der Waals surface area contributed by atoms with E-state index in [1.807, 2.05) is 17.4 Å². The van der Waals surface area contributed by atoms with Crippen molar-refractivity contribution in [3.8, 4) is 0 Å². The lowest BCUT2D eigenvalue weighted by Crippen LogP contribution is -2.52. The summed E-state index contributed by atoms with van der Waals surface area (Å²) in [6.07, 6.45) is 0.835. The summed E-state index contributed by atoms with van der Waals surface area (Å²) in [6.45, 7) is 5.27. The molecule has 132 valence electrons. The van der Waals surface area contributed by atoms with Gasteiger partial charge in [-0.1, -0.05) is 18.2 Å². The highest BCUT2D eigenvalue weighted by Gasteiger charge is 2.27. The van der Waals surface area contributed by atoms with Crippen molar-refractivity contribution in [2.24, 2.45) is 0 Å². The van der Waals surface area contributed by atoms with E-state index < -0.39 is 0 Å². The number of hydrogen-bond donors (Lipinski definition) is 1. The molecule has 1 atom stereocenters. The van der Waals surface area contributed by atoms with E-state index in [9.17, 15) is 5.11 Å². The van der Waals surface area contributed by atoms with Crippen LogP contribution in [0, 0.1) is 0 Å². The molecule has 1 N–H and O–H groups in total. The molecule has 1 aliphatic heterocycles. The van der Waals surface area contributed by atoms with Gasteiger partial charge in [-0.2, -0.15) is 0 Å². The van der Waals surface area contributed by atoms with Gasteiger partial charge in [-0.25, -0.2) is 4.98 Å². The zero-order chi connectivity index (χ0) is 17.1. The third kappa shape index (κ3) is 4.10. The largest absolute Gasteiger partial charge is 0.396 e. The summed E-state index contributed by atoms with van der Waals surface area (Å²) in [7, 11) is 0. The van der Waals surface area contributed by atoms with Gasteiger partial charge < -0.3 is 5.11 Å². The van der Waals surface area contributed by atoms with Crippen LogP contribution in [0.3, 0.4) is 0 Å². The van der Waals surface area contributed by atoms with Gasteiger partial charge in [-0.05, 0) is 30.0 Å². The van der Waals surface area contributed by atoms with Gasteiger partial charge in [0.15, 0.2) is 0 Å². The number of nitrogens with zero attached hydrogens (tertiary/aromatic N) is 3. The Bertz CT molecular complexity index is 769. The molecule has 0 spiro atoms. The zero-order valence-corrected chi connectivity index (χ0v) is 15.8. The molecular formula is C19H23N3OS2. The molecule has 1 saturated heterocycles. The van der Waals surface area contributed by atoms with E-state index in [1.54, 1.807) is 11.3 Å². The molecule has 0 saturated carbocycles. The Labute approximate surface area is 156 Å². The molecule has 0 amide bonds. The Morgan fingerprint density at radius 1 is 1.12 bits per heavy atom. The standard InChI is InChI=1S/C19H23N3OS2/c23-10-7-15-12-21(8-9-22(15)13-16-4-3-11-24-16)14-19-20-17-5-1-2-6-18(17)25-19/h1-6,11,15,23H,7-10,12-14H2. The third-order valence-electron chi connectivity index (χ3n) is 4.79. The lowest BCUT2D eigenvalue weighted by Gasteiger charge is -2.41. The number of fused-ring (bicyclic) bond motifs is 1. The highest BCUT2D eigenvalue weighted by molar-refractivity contribution is 7.18. The van der Waals surface area contributed by atoms with Crippen LogP contribution >= 0.6 is 22.7 Å². The monoisotopic (exact) mass is 373 g/mol. The van der Waals surface area contributed by atoms with Crippen LogP contribution in [0.1, 0.15) is 16.3 Å². The summed E-state index contributed by atoms with van der Waals surface area (Å²) in [4.78, 5) is 11.2. The van der Waals surface area contributed by atoms with Gasteiger partial charge in [0.05, 0.1) is 16.8 Å². The fraction of sp³-hybridized carbons (Fsp3) is 0.421. The van der Waals surface area contributed by atoms with Crippen LogP contribution in [0.2, 0.25) is 0 Å². The van der Waals surface area contributed by atoms with Crippen molar-refractivity contribution < 1.29 is 5.11 Å². The van der Waals surface area contributed by atoms with Gasteiger partial charge in [-0.3, -0.25) is 9.80 Å². The molecule has 0 radical (unpaired) electrons. The van der Waals surface area contributed by atoms with Gasteiger partial charge in [-0.15, -0.1) is 22.7 Å². The van der Waals surface area contributed by atoms with Gasteiger partial charge in [0.2, 0.25) is 0 Å². The van der Waals surface area contributed by atoms with E-state index in [0.29, 0.717) is 6.04 Å². The average molecular weight is 374 g/mol. The van der Waals surface area contributed by atoms with Crippen molar-refractivity contribution in [2.75, 3.05) is 26.2 Å². The number of aliphatic hydroxyl groups is 1. The number of hydrogen-bond acceptors (Lipinski definition) is 6. The Balaban J connectivity index is 1.42. The van der Waals surface area contributed by atoms with E-state index in [0.717, 1.165) is 44.7 Å². The lowest BCUT2D eigenvalue weighted by molar-refractivity contribution is 0.0506. The van der Waals surface area contributed by atoms with E-state index >= 15 is 0 Å². The van der Waals surface area contributed by atoms with Crippen molar-refractivity contribution in [3.05, 3.63) is 51.7 Å². The molecule has 0 bridgehead atoms. The van der Waals surface area contributed by atoms with Crippen LogP contribution in [0.25, 0.3) is 10.2 Å². The molecule has 6 heteroatoms. The first-order valence-corrected chi connectivity index (χ1v) is 10.5. The van der Waals surface area contributed by atoms with Crippen LogP contribution < -0.4 is 0 Å². The fourth-order valence-electron chi connectivity index (χ4n) is 3.51. The smallest absolute Gasteiger partial charge is 0.108 e. The van der Waals surface area contributed by atoms with Crippen molar-refractivity contribution in [3.63, 3.8) is 0 Å². The van der Waals surface area contributed by atoms with Crippen molar-refractivity contribution in [1.82, 2.24) is 14.8 Å². The molecule has 1 aromatic carbocycles. The Morgan fingerprint density at radius 2 is 2.04 bits per heavy atom. The zero-order valence-electron chi connectivity index (χ0n) is 14.2. The maximum Gasteiger partial charge on any atom is 0.108 e. The SMILES string of the molecule is OCCC1CN(Cc2nc3ccccc3s2)CCN1Cc1cccs1. The summed E-state index contributed by atoms with van der Waals surface area (Å²) in [5, 5.41) is 12.8. The van der Waals surface area contributed by atoms with Crippen LogP contribution in [-0.2, 0) is 13.1 Å². The predicted molar refractivity (Wildman–Crippen MR) is 105 cm³/mol. The summed E-state index contributed by atoms with van der Waals surface area (Å²) in [5.41, 5.74) is 1.10. The van der Waals surface area contributed by atoms with Crippen molar-refractivity contribution >= 4 is 32.9 Å². The maximum atomic E-state index is 9.48. The molecule has 1 fully saturated rings. The van der Waals surface area contributed by atoms with Crippen molar-refractivity contribution in [2.45, 2.75) is 25.6 Å². The van der Waals surface area contributed by atoms with Gasteiger partial charge in [0, 0.05) is 43.7 Å². The molecule has 4 nitrogen and oxygen atoms in total. The topological polar surface area (TPSA) is 39.6 Å². The fourth-order valence-corrected chi connectivity index (χ4v) is 5.25. The Morgan fingerprint density at radius 3 is 2.84 bits per heavy atom. The number of rotatable bonds is 6. The van der Waals surface area contributed by atoms with Crippen LogP contribution in [0.4, 0.5) is 0 Å². The van der Waals surface area contributed by atoms with E-state index in [-0.39, 0.29) is 6.61 Å². The van der Waals surface area contributed by atoms with E-state index in [2.05, 4.69) is 45.5 Å². The second-order valence-corrected chi connectivity index (χ2v) is 8.67. The second-order valence-electron chi connectivity index (χ2n) is 6.53. The average Bonchev–Trinajstić information content (AvgIpc) is 3.26. The van der Waals surface area contributed by atoms with Crippen molar-refractivity contribution in [1.29, 1.82) is 0 Å². The first-order valence-electron chi connectivity index (χ1n) is 8.76. The molecule has 3 heterocycles. The molecule has 2 aromatic heterocycles. The number of benzene rings is 1. The number of para-hydroxylation sites is 1. The van der Waals surface area contributed by atoms with Gasteiger partial charge >= 0.3 is 0 Å². The minimum Gasteiger partial charge on any atom is -0.396 e. The highest BCUT2D eigenvalue weighted by atomic mass is 32.1. The summed E-state index contributed by atoms with van der Waals surface area (Å²) in [6, 6.07) is 13.1. The summed E-state index contributed by atoms with van der Waals surface area (Å²) in [5.74, 6) is 0. The molecular weight excluding hydrogens is 350 g/mol. The highest BCUT2D eigenvalue weighted by Crippen LogP contribution is 2.25. The number of thiazole rings is 1. The minimum absolute atomic E-state index is 0.251. The third-order valence-corrected chi connectivity index (χ3v) is 6.67. The van der Waals surface area contributed by atoms with Crippen LogP contribution in [-0.4, -0.2) is 52.2 Å². The van der Waals surface area contributed by atoms with E-state index in [1.165, 1.54) is 14.6 Å². The number of aliphatic hydroxyl groups excluding tert-OH is 1. The Hall–Kier alpha value is -1.31. The number of thiophene rings is 1. The first-order chi connectivity index (χ1) is 12.3. The van der Waals surface area contributed by atoms with Crippen LogP contribution in [0.15, 0.2) is 41.8 Å². The number of piperazine rings is 1. The molecule has 0 aliphatic carbocycles. The molecule has 1 aliphatic rings. The predicted octanol–water partition coefficient (Wildman–Crippen LogP) is 3.43. The molecule has 3 aromatic rings. The first kappa shape index (κ1) is 17.1. The maximum absolute atomic E-state index is 9.48. The normalized spacial score (nSPS) is 19.6. The van der Waals surface area contributed by atoms with Gasteiger partial charge in [0.1, 0.15) is 5.01 Å². The molecule has 25 heavy (non-hydrogen) atoms. The minimum atomic E-state index is 0.251. The van der Waals surface area contributed by atoms with Crippen LogP contribution in [0.5, 0.6) is 0 Å². The molecule has 1 unspecified atom stereocenters. The molecule has 4 rings (SSSR count). The summed E-state index contributed by atoms with van der Waals surface area (Å²) >= 11 is 3.61. The summed E-state index contributed by atoms with van der Waals surface area (Å²) < 4.78 is 1.26. The number of aromatic nitrogens is 1. The quantitative estimate of drug-likeness (QED) is 0.719. The van der Waals surface area contributed by atoms with Gasteiger partial charge in [0.25, 0.3) is 0 Å². The second kappa shape index (κ2) is 7.93. The Kier molecular flexibility index (Phi) is 5.43.